The van der Waals surface area contributed by atoms with Crippen LogP contribution in [0.1, 0.15) is 125 Å². The minimum absolute atomic E-state index is 0. The fourth-order valence-corrected chi connectivity index (χ4v) is 2.61. The summed E-state index contributed by atoms with van der Waals surface area (Å²) in [4.78, 5) is 10.5. The quantitative estimate of drug-likeness (QED) is 0.155. The first-order valence-electron chi connectivity index (χ1n) is 10.7. The fourth-order valence-electron chi connectivity index (χ4n) is 2.61. The van der Waals surface area contributed by atoms with Crippen LogP contribution in [-0.2, 0) is 9.53 Å². The van der Waals surface area contributed by atoms with E-state index in [0.29, 0.717) is 0 Å². The number of hydrogen-bond donors (Lipinski definition) is 0. The van der Waals surface area contributed by atoms with Gasteiger partial charge in [0.2, 0.25) is 0 Å². The van der Waals surface area contributed by atoms with E-state index in [0.717, 1.165) is 6.08 Å². The number of unbranched alkanes of at least 4 members (excludes halogenated alkanes) is 13. The molecule has 0 aliphatic rings. The lowest BCUT2D eigenvalue weighted by atomic mass is 10.0. The summed E-state index contributed by atoms with van der Waals surface area (Å²) >= 11 is 0. The third kappa shape index (κ3) is 31.5. The number of ether oxygens (including phenoxy) is 1. The number of carbonyl (C=O) groups is 1. The number of halogens is 1. The molecule has 0 heterocycles. The average molecular weight is 436 g/mol. The van der Waals surface area contributed by atoms with Crippen LogP contribution in [0.5, 0.6) is 0 Å². The first kappa shape index (κ1) is 30.4. The lowest BCUT2D eigenvalue weighted by Crippen LogP contribution is -2.22. The zero-order valence-electron chi connectivity index (χ0n) is 18.4. The van der Waals surface area contributed by atoms with E-state index in [1.165, 1.54) is 89.9 Å². The summed E-state index contributed by atoms with van der Waals surface area (Å²) in [5.41, 5.74) is -0.398. The van der Waals surface area contributed by atoms with Gasteiger partial charge in [-0.05, 0) is 20.8 Å². The van der Waals surface area contributed by atoms with Crippen molar-refractivity contribution in [2.24, 2.45) is 0 Å². The molecule has 0 aromatic rings. The Balaban J connectivity index is -0.000000453. The van der Waals surface area contributed by atoms with E-state index in [9.17, 15) is 4.79 Å². The van der Waals surface area contributed by atoms with Gasteiger partial charge in [-0.25, -0.2) is 4.79 Å². The molecule has 0 radical (unpaired) electrons. The number of carbonyl (C=O) groups excluding carboxylic acids is 1. The maximum absolute atomic E-state index is 10.5. The molecule has 0 unspecified atom stereocenters. The molecule has 26 heavy (non-hydrogen) atoms. The van der Waals surface area contributed by atoms with Gasteiger partial charge in [0, 0.05) is 6.08 Å². The van der Waals surface area contributed by atoms with Crippen LogP contribution in [0, 0.1) is 0 Å². The van der Waals surface area contributed by atoms with Crippen molar-refractivity contribution in [3.63, 3.8) is 0 Å². The summed E-state index contributed by atoms with van der Waals surface area (Å²) < 4.78 is 4.83. The van der Waals surface area contributed by atoms with Crippen molar-refractivity contribution in [3.05, 3.63) is 12.7 Å². The van der Waals surface area contributed by atoms with E-state index < -0.39 is 5.60 Å². The molecule has 0 saturated carbocycles. The molecule has 0 aliphatic carbocycles. The second kappa shape index (κ2) is 22.7. The molecule has 2 nitrogen and oxygen atoms in total. The molecule has 0 aromatic carbocycles. The summed E-state index contributed by atoms with van der Waals surface area (Å²) in [5.74, 6) is -0.373. The first-order chi connectivity index (χ1) is 11.9. The summed E-state index contributed by atoms with van der Waals surface area (Å²) in [6.07, 6.45) is 21.6. The van der Waals surface area contributed by atoms with Crippen molar-refractivity contribution in [1.29, 1.82) is 0 Å². The maximum Gasteiger partial charge on any atom is 0.330 e. The van der Waals surface area contributed by atoms with Crippen molar-refractivity contribution < 1.29 is 9.53 Å². The van der Waals surface area contributed by atoms with Gasteiger partial charge in [-0.2, -0.15) is 0 Å². The molecule has 0 bridgehead atoms. The van der Waals surface area contributed by atoms with E-state index in [-0.39, 0.29) is 23.0 Å². The van der Waals surface area contributed by atoms with Gasteiger partial charge >= 0.3 is 5.97 Å². The predicted octanol–water partition coefficient (Wildman–Crippen LogP) is 8.58. The lowest BCUT2D eigenvalue weighted by molar-refractivity contribution is -0.148. The molecule has 0 atom stereocenters. The van der Waals surface area contributed by atoms with Gasteiger partial charge in [0.25, 0.3) is 0 Å². The molecule has 0 rings (SSSR count). The topological polar surface area (TPSA) is 26.3 Å². The molecule has 3 heteroatoms. The zero-order valence-corrected chi connectivity index (χ0v) is 20.1. The molecule has 158 valence electrons. The molecule has 0 amide bonds. The molecular formula is C23H47BrO2. The monoisotopic (exact) mass is 434 g/mol. The Morgan fingerprint density at radius 1 is 0.731 bits per heavy atom. The second-order valence-electron chi connectivity index (χ2n) is 7.98. The minimum Gasteiger partial charge on any atom is -0.457 e. The Labute approximate surface area is 175 Å². The van der Waals surface area contributed by atoms with Crippen LogP contribution in [0.25, 0.3) is 0 Å². The van der Waals surface area contributed by atoms with Crippen LogP contribution in [0.4, 0.5) is 0 Å². The smallest absolute Gasteiger partial charge is 0.330 e. The highest BCUT2D eigenvalue weighted by atomic mass is 79.9. The van der Waals surface area contributed by atoms with Crippen LogP contribution in [0.15, 0.2) is 12.7 Å². The van der Waals surface area contributed by atoms with Crippen molar-refractivity contribution in [2.45, 2.75) is 130 Å². The average Bonchev–Trinajstić information content (AvgIpc) is 2.55. The molecule has 0 fully saturated rings. The van der Waals surface area contributed by atoms with Gasteiger partial charge in [0.1, 0.15) is 5.60 Å². The highest BCUT2D eigenvalue weighted by Gasteiger charge is 2.12. The van der Waals surface area contributed by atoms with Crippen LogP contribution >= 0.6 is 17.0 Å². The van der Waals surface area contributed by atoms with Crippen LogP contribution < -0.4 is 0 Å². The Bertz CT molecular complexity index is 281. The first-order valence-corrected chi connectivity index (χ1v) is 10.7. The SMILES string of the molecule is Br.C=CC(=O)OC(C)(C)C.CCCCCCCCCCCCCCCC. The Kier molecular flexibility index (Phi) is 26.6. The lowest BCUT2D eigenvalue weighted by Gasteiger charge is -2.17. The van der Waals surface area contributed by atoms with Gasteiger partial charge in [0.05, 0.1) is 0 Å². The third-order valence-electron chi connectivity index (χ3n) is 4.03. The van der Waals surface area contributed by atoms with Crippen molar-refractivity contribution >= 4 is 23.0 Å². The Hall–Kier alpha value is -0.310. The summed E-state index contributed by atoms with van der Waals surface area (Å²) in [6, 6.07) is 0. The highest BCUT2D eigenvalue weighted by Crippen LogP contribution is 2.12. The van der Waals surface area contributed by atoms with Crippen molar-refractivity contribution in [3.8, 4) is 0 Å². The molecular weight excluding hydrogens is 388 g/mol. The van der Waals surface area contributed by atoms with E-state index in [1.54, 1.807) is 0 Å². The van der Waals surface area contributed by atoms with Crippen molar-refractivity contribution in [2.75, 3.05) is 0 Å². The van der Waals surface area contributed by atoms with Gasteiger partial charge in [-0.3, -0.25) is 0 Å². The second-order valence-corrected chi connectivity index (χ2v) is 7.98. The van der Waals surface area contributed by atoms with E-state index in [1.807, 2.05) is 20.8 Å². The van der Waals surface area contributed by atoms with E-state index in [4.69, 9.17) is 4.74 Å². The van der Waals surface area contributed by atoms with Gasteiger partial charge in [-0.1, -0.05) is 110 Å². The number of rotatable bonds is 14. The van der Waals surface area contributed by atoms with E-state index in [2.05, 4.69) is 20.4 Å². The molecule has 0 aliphatic heterocycles. The standard InChI is InChI=1S/C16H34.C7H12O2.BrH/c1-3-5-7-9-11-13-15-16-14-12-10-8-6-4-2;1-5-6(8)9-7(2,3)4;/h3-16H2,1-2H3;5H,1H2,2-4H3;1H. The maximum atomic E-state index is 10.5. The molecule has 0 saturated heterocycles. The largest absolute Gasteiger partial charge is 0.457 e. The van der Waals surface area contributed by atoms with Crippen LogP contribution in [0.2, 0.25) is 0 Å². The summed E-state index contributed by atoms with van der Waals surface area (Å²) in [7, 11) is 0. The van der Waals surface area contributed by atoms with Gasteiger partial charge in [-0.15, -0.1) is 17.0 Å². The van der Waals surface area contributed by atoms with Crippen LogP contribution in [0.3, 0.4) is 0 Å². The molecule has 0 spiro atoms. The minimum atomic E-state index is -0.398. The fraction of sp³-hybridized carbons (Fsp3) is 0.870. The predicted molar refractivity (Wildman–Crippen MR) is 122 cm³/mol. The number of hydrogen-bond acceptors (Lipinski definition) is 2. The normalized spacial score (nSPS) is 10.3. The van der Waals surface area contributed by atoms with Crippen molar-refractivity contribution in [1.82, 2.24) is 0 Å². The highest BCUT2D eigenvalue weighted by molar-refractivity contribution is 8.93. The summed E-state index contributed by atoms with van der Waals surface area (Å²) in [5, 5.41) is 0. The zero-order chi connectivity index (χ0) is 19.4. The van der Waals surface area contributed by atoms with Crippen LogP contribution in [-0.4, -0.2) is 11.6 Å². The molecule has 0 aromatic heterocycles. The Morgan fingerprint density at radius 2 is 1.00 bits per heavy atom. The Morgan fingerprint density at radius 3 is 1.15 bits per heavy atom. The number of esters is 1. The van der Waals surface area contributed by atoms with Gasteiger partial charge < -0.3 is 4.74 Å². The third-order valence-corrected chi connectivity index (χ3v) is 4.03. The van der Waals surface area contributed by atoms with E-state index >= 15 is 0 Å². The van der Waals surface area contributed by atoms with Gasteiger partial charge in [0.15, 0.2) is 0 Å². The molecule has 0 N–H and O–H groups in total. The summed E-state index contributed by atoms with van der Waals surface area (Å²) in [6.45, 7) is 13.3.